The van der Waals surface area contributed by atoms with Gasteiger partial charge < -0.3 is 11.1 Å². The first-order valence-corrected chi connectivity index (χ1v) is 6.85. The van der Waals surface area contributed by atoms with E-state index in [1.165, 1.54) is 6.33 Å². The van der Waals surface area contributed by atoms with E-state index < -0.39 is 0 Å². The Morgan fingerprint density at radius 1 is 1.42 bits per heavy atom. The molecule has 0 aliphatic carbocycles. The summed E-state index contributed by atoms with van der Waals surface area (Å²) in [5, 5.41) is 2.89. The fourth-order valence-corrected chi connectivity index (χ4v) is 2.09. The molecule has 19 heavy (non-hydrogen) atoms. The molecule has 7 heteroatoms. The molecule has 0 radical (unpaired) electrons. The minimum absolute atomic E-state index is 0.115. The van der Waals surface area contributed by atoms with Gasteiger partial charge in [0.1, 0.15) is 11.3 Å². The van der Waals surface area contributed by atoms with E-state index in [1.54, 1.807) is 0 Å². The number of nitrogens with one attached hydrogen (secondary N) is 1. The minimum Gasteiger partial charge on any atom is -0.330 e. The Hall–Kier alpha value is -0.910. The van der Waals surface area contributed by atoms with Crippen molar-refractivity contribution in [3.63, 3.8) is 0 Å². The zero-order valence-corrected chi connectivity index (χ0v) is 12.5. The summed E-state index contributed by atoms with van der Waals surface area (Å²) in [6.07, 6.45) is 2.49. The van der Waals surface area contributed by atoms with Crippen LogP contribution in [-0.2, 0) is 4.79 Å². The van der Waals surface area contributed by atoms with Gasteiger partial charge in [0, 0.05) is 6.42 Å². The smallest absolute Gasteiger partial charge is 0.225 e. The van der Waals surface area contributed by atoms with Crippen LogP contribution in [0.3, 0.4) is 0 Å². The Balaban J connectivity index is 2.62. The molecule has 1 aromatic rings. The van der Waals surface area contributed by atoms with Gasteiger partial charge in [-0.05, 0) is 24.8 Å². The van der Waals surface area contributed by atoms with Crippen LogP contribution in [0.5, 0.6) is 0 Å². The van der Waals surface area contributed by atoms with E-state index in [2.05, 4.69) is 29.1 Å². The van der Waals surface area contributed by atoms with Gasteiger partial charge in [-0.2, -0.15) is 0 Å². The third-order valence-electron chi connectivity index (χ3n) is 2.62. The van der Waals surface area contributed by atoms with Crippen molar-refractivity contribution in [1.29, 1.82) is 0 Å². The number of amides is 1. The molecule has 0 aromatic carbocycles. The number of nitrogens with two attached hydrogens (primary N) is 1. The lowest BCUT2D eigenvalue weighted by Crippen LogP contribution is -2.24. The van der Waals surface area contributed by atoms with Crippen LogP contribution in [0.25, 0.3) is 0 Å². The van der Waals surface area contributed by atoms with Gasteiger partial charge in [-0.3, -0.25) is 4.79 Å². The summed E-state index contributed by atoms with van der Waals surface area (Å²) in [4.78, 5) is 19.5. The van der Waals surface area contributed by atoms with Gasteiger partial charge in [-0.15, -0.1) is 0 Å². The lowest BCUT2D eigenvalue weighted by atomic mass is 9.94. The van der Waals surface area contributed by atoms with Crippen LogP contribution >= 0.6 is 23.2 Å². The predicted octanol–water partition coefficient (Wildman–Crippen LogP) is 2.73. The molecule has 0 aliphatic heterocycles. The van der Waals surface area contributed by atoms with E-state index in [1.807, 2.05) is 0 Å². The fourth-order valence-electron chi connectivity index (χ4n) is 1.81. The summed E-state index contributed by atoms with van der Waals surface area (Å²) in [6, 6.07) is 0. The Bertz CT molecular complexity index is 440. The summed E-state index contributed by atoms with van der Waals surface area (Å²) in [6.45, 7) is 4.67. The molecule has 1 atom stereocenters. The molecule has 1 heterocycles. The molecular formula is C12H18Cl2N4O. The van der Waals surface area contributed by atoms with Crippen LogP contribution in [-0.4, -0.2) is 22.4 Å². The first-order chi connectivity index (χ1) is 8.93. The molecule has 0 spiro atoms. The highest BCUT2D eigenvalue weighted by atomic mass is 35.5. The highest BCUT2D eigenvalue weighted by molar-refractivity contribution is 6.42. The summed E-state index contributed by atoms with van der Waals surface area (Å²) in [5.41, 5.74) is 5.66. The maximum Gasteiger partial charge on any atom is 0.225 e. The normalized spacial score (nSPS) is 12.5. The van der Waals surface area contributed by atoms with Crippen molar-refractivity contribution in [3.05, 3.63) is 16.5 Å². The number of carbonyl (C=O) groups excluding carboxylic acids is 1. The van der Waals surface area contributed by atoms with E-state index >= 15 is 0 Å². The van der Waals surface area contributed by atoms with E-state index in [0.29, 0.717) is 18.9 Å². The molecule has 0 bridgehead atoms. The Labute approximate surface area is 122 Å². The van der Waals surface area contributed by atoms with Crippen LogP contribution in [0, 0.1) is 11.8 Å². The van der Waals surface area contributed by atoms with Gasteiger partial charge >= 0.3 is 0 Å². The first-order valence-electron chi connectivity index (χ1n) is 6.10. The highest BCUT2D eigenvalue weighted by Crippen LogP contribution is 2.25. The van der Waals surface area contributed by atoms with Crippen molar-refractivity contribution in [3.8, 4) is 0 Å². The van der Waals surface area contributed by atoms with E-state index in [4.69, 9.17) is 28.9 Å². The topological polar surface area (TPSA) is 80.9 Å². The number of anilines is 1. The fraction of sp³-hybridized carbons (Fsp3) is 0.583. The number of hydrogen-bond acceptors (Lipinski definition) is 4. The molecule has 0 aliphatic rings. The van der Waals surface area contributed by atoms with Crippen molar-refractivity contribution in [1.82, 2.24) is 9.97 Å². The Morgan fingerprint density at radius 2 is 2.11 bits per heavy atom. The second-order valence-electron chi connectivity index (χ2n) is 4.81. The first kappa shape index (κ1) is 16.1. The van der Waals surface area contributed by atoms with E-state index in [-0.39, 0.29) is 27.8 Å². The van der Waals surface area contributed by atoms with Crippen molar-refractivity contribution in [2.75, 3.05) is 11.9 Å². The van der Waals surface area contributed by atoms with Gasteiger partial charge in [-0.1, -0.05) is 37.0 Å². The zero-order chi connectivity index (χ0) is 14.4. The Morgan fingerprint density at radius 3 is 2.68 bits per heavy atom. The molecule has 1 unspecified atom stereocenters. The molecule has 3 N–H and O–H groups in total. The largest absolute Gasteiger partial charge is 0.330 e. The summed E-state index contributed by atoms with van der Waals surface area (Å²) >= 11 is 11.6. The van der Waals surface area contributed by atoms with E-state index in [0.717, 1.165) is 6.42 Å². The molecule has 1 rings (SSSR count). The SMILES string of the molecule is CC(C)CC(CN)CC(=O)Nc1ncnc(Cl)c1Cl. The summed E-state index contributed by atoms with van der Waals surface area (Å²) in [7, 11) is 0. The number of carbonyl (C=O) groups is 1. The van der Waals surface area contributed by atoms with Crippen molar-refractivity contribution < 1.29 is 4.79 Å². The van der Waals surface area contributed by atoms with Gasteiger partial charge in [0.05, 0.1) is 0 Å². The van der Waals surface area contributed by atoms with Crippen LogP contribution < -0.4 is 11.1 Å². The number of aromatic nitrogens is 2. The van der Waals surface area contributed by atoms with Crippen molar-refractivity contribution in [2.45, 2.75) is 26.7 Å². The number of halogens is 2. The highest BCUT2D eigenvalue weighted by Gasteiger charge is 2.16. The number of hydrogen-bond donors (Lipinski definition) is 2. The third-order valence-corrected chi connectivity index (χ3v) is 3.36. The molecule has 106 valence electrons. The molecule has 1 amide bonds. The lowest BCUT2D eigenvalue weighted by molar-refractivity contribution is -0.117. The van der Waals surface area contributed by atoms with Gasteiger partial charge in [-0.25, -0.2) is 9.97 Å². The van der Waals surface area contributed by atoms with Gasteiger partial charge in [0.15, 0.2) is 11.0 Å². The second kappa shape index (κ2) is 7.62. The minimum atomic E-state index is -0.173. The van der Waals surface area contributed by atoms with Crippen LogP contribution in [0.4, 0.5) is 5.82 Å². The summed E-state index contributed by atoms with van der Waals surface area (Å²) < 4.78 is 0. The van der Waals surface area contributed by atoms with Crippen LogP contribution in [0.1, 0.15) is 26.7 Å². The predicted molar refractivity (Wildman–Crippen MR) is 77.3 cm³/mol. The lowest BCUT2D eigenvalue weighted by Gasteiger charge is -2.16. The van der Waals surface area contributed by atoms with Crippen LogP contribution in [0.15, 0.2) is 6.33 Å². The average molecular weight is 305 g/mol. The van der Waals surface area contributed by atoms with E-state index in [9.17, 15) is 4.79 Å². The van der Waals surface area contributed by atoms with Crippen LogP contribution in [0.2, 0.25) is 10.2 Å². The van der Waals surface area contributed by atoms with Gasteiger partial charge in [0.25, 0.3) is 0 Å². The summed E-state index contributed by atoms with van der Waals surface area (Å²) in [5.74, 6) is 0.703. The average Bonchev–Trinajstić information content (AvgIpc) is 2.33. The maximum absolute atomic E-state index is 11.9. The number of nitrogens with zero attached hydrogens (tertiary/aromatic N) is 2. The molecule has 0 saturated heterocycles. The molecule has 0 saturated carbocycles. The van der Waals surface area contributed by atoms with Crippen molar-refractivity contribution in [2.24, 2.45) is 17.6 Å². The van der Waals surface area contributed by atoms with Crippen molar-refractivity contribution >= 4 is 34.9 Å². The molecule has 1 aromatic heterocycles. The molecule has 5 nitrogen and oxygen atoms in total. The quantitative estimate of drug-likeness (QED) is 0.792. The standard InChI is InChI=1S/C12H18Cl2N4O/c1-7(2)3-8(5-15)4-9(19)18-12-10(13)11(14)16-6-17-12/h6-8H,3-5,15H2,1-2H3,(H,16,17,18,19). The second-order valence-corrected chi connectivity index (χ2v) is 5.55. The van der Waals surface area contributed by atoms with Gasteiger partial charge in [0.2, 0.25) is 5.91 Å². The zero-order valence-electron chi connectivity index (χ0n) is 11.0. The molecule has 0 fully saturated rings. The number of rotatable bonds is 6. The maximum atomic E-state index is 11.9. The monoisotopic (exact) mass is 304 g/mol. The Kier molecular flexibility index (Phi) is 6.48. The molecular weight excluding hydrogens is 287 g/mol. The third kappa shape index (κ3) is 5.30.